The van der Waals surface area contributed by atoms with Crippen molar-refractivity contribution in [2.75, 3.05) is 7.11 Å². The van der Waals surface area contributed by atoms with E-state index in [9.17, 15) is 29.4 Å². The van der Waals surface area contributed by atoms with Crippen molar-refractivity contribution >= 4 is 30.0 Å². The fourth-order valence-electron chi connectivity index (χ4n) is 1.98. The van der Waals surface area contributed by atoms with E-state index in [0.717, 1.165) is 12.2 Å². The van der Waals surface area contributed by atoms with Gasteiger partial charge >= 0.3 is 23.9 Å². The highest BCUT2D eigenvalue weighted by molar-refractivity contribution is 5.94. The van der Waals surface area contributed by atoms with Crippen LogP contribution in [-0.4, -0.2) is 68.2 Å². The second-order valence-electron chi connectivity index (χ2n) is 5.22. The van der Waals surface area contributed by atoms with Gasteiger partial charge in [0.15, 0.2) is 11.5 Å². The van der Waals surface area contributed by atoms with E-state index in [1.807, 2.05) is 0 Å². The molecule has 11 nitrogen and oxygen atoms in total. The molecule has 0 aliphatic rings. The third-order valence-electron chi connectivity index (χ3n) is 3.30. The van der Waals surface area contributed by atoms with E-state index in [0.29, 0.717) is 5.56 Å². The fourth-order valence-corrected chi connectivity index (χ4v) is 1.98. The predicted octanol–water partition coefficient (Wildman–Crippen LogP) is -0.299. The Morgan fingerprint density at radius 1 is 1.19 bits per heavy atom. The third-order valence-corrected chi connectivity index (χ3v) is 3.30. The van der Waals surface area contributed by atoms with E-state index in [4.69, 9.17) is 20.1 Å². The van der Waals surface area contributed by atoms with Gasteiger partial charge in [-0.25, -0.2) is 14.4 Å². The second-order valence-corrected chi connectivity index (χ2v) is 5.22. The number of ether oxygens (including phenoxy) is 2. The summed E-state index contributed by atoms with van der Waals surface area (Å²) in [4.78, 5) is 44.9. The van der Waals surface area contributed by atoms with Gasteiger partial charge in [0.25, 0.3) is 0 Å². The molecule has 0 bridgehead atoms. The average molecular weight is 384 g/mol. The molecule has 1 aromatic carbocycles. The van der Waals surface area contributed by atoms with Gasteiger partial charge < -0.3 is 35.0 Å². The van der Waals surface area contributed by atoms with Gasteiger partial charge in [-0.05, 0) is 23.8 Å². The molecule has 27 heavy (non-hydrogen) atoms. The summed E-state index contributed by atoms with van der Waals surface area (Å²) < 4.78 is 9.31. The molecule has 0 saturated carbocycles. The topological polar surface area (TPSA) is 188 Å². The monoisotopic (exact) mass is 384 g/mol. The van der Waals surface area contributed by atoms with Crippen molar-refractivity contribution in [1.29, 1.82) is 0 Å². The van der Waals surface area contributed by atoms with Crippen molar-refractivity contribution in [3.8, 4) is 11.5 Å². The summed E-state index contributed by atoms with van der Waals surface area (Å²) in [6, 6.07) is 3.99. The average Bonchev–Trinajstić information content (AvgIpc) is 2.57. The van der Waals surface area contributed by atoms with Crippen molar-refractivity contribution in [2.24, 2.45) is 0 Å². The van der Waals surface area contributed by atoms with Gasteiger partial charge in [-0.3, -0.25) is 4.79 Å². The smallest absolute Gasteiger partial charge is 0.348 e. The van der Waals surface area contributed by atoms with Crippen LogP contribution < -0.4 is 4.74 Å². The number of phenols is 1. The van der Waals surface area contributed by atoms with Crippen LogP contribution in [0.4, 0.5) is 0 Å². The van der Waals surface area contributed by atoms with Crippen LogP contribution in [0.1, 0.15) is 12.0 Å². The van der Waals surface area contributed by atoms with Crippen LogP contribution in [0.2, 0.25) is 0 Å². The van der Waals surface area contributed by atoms with Gasteiger partial charge in [-0.15, -0.1) is 0 Å². The first kappa shape index (κ1) is 21.4. The summed E-state index contributed by atoms with van der Waals surface area (Å²) in [5.41, 5.74) is -3.03. The van der Waals surface area contributed by atoms with Crippen molar-refractivity contribution < 1.29 is 54.2 Å². The first-order valence-corrected chi connectivity index (χ1v) is 7.17. The predicted molar refractivity (Wildman–Crippen MR) is 86.0 cm³/mol. The molecule has 11 heteroatoms. The van der Waals surface area contributed by atoms with Gasteiger partial charge in [0, 0.05) is 6.08 Å². The van der Waals surface area contributed by atoms with Gasteiger partial charge in [0.1, 0.15) is 0 Å². The van der Waals surface area contributed by atoms with Gasteiger partial charge in [0.05, 0.1) is 13.5 Å². The van der Waals surface area contributed by atoms with Crippen LogP contribution in [0.25, 0.3) is 6.08 Å². The van der Waals surface area contributed by atoms with Crippen molar-refractivity contribution in [3.63, 3.8) is 0 Å². The normalized spacial score (nSPS) is 14.1. The van der Waals surface area contributed by atoms with E-state index in [-0.39, 0.29) is 11.5 Å². The molecule has 2 atom stereocenters. The molecule has 0 unspecified atom stereocenters. The van der Waals surface area contributed by atoms with E-state index in [2.05, 4.69) is 4.74 Å². The summed E-state index contributed by atoms with van der Waals surface area (Å²) in [5, 5.41) is 46.1. The second kappa shape index (κ2) is 8.67. The molecule has 0 saturated heterocycles. The number of hydrogen-bond donors (Lipinski definition) is 5. The number of aliphatic hydroxyl groups is 1. The number of aliphatic carboxylic acids is 3. The Labute approximate surface area is 151 Å². The number of esters is 1. The van der Waals surface area contributed by atoms with Gasteiger partial charge in [0.2, 0.25) is 11.7 Å². The van der Waals surface area contributed by atoms with Crippen LogP contribution in [-0.2, 0) is 23.9 Å². The summed E-state index contributed by atoms with van der Waals surface area (Å²) in [7, 11) is 1.30. The highest BCUT2D eigenvalue weighted by Crippen LogP contribution is 2.27. The Morgan fingerprint density at radius 2 is 1.81 bits per heavy atom. The summed E-state index contributed by atoms with van der Waals surface area (Å²) in [6.45, 7) is 0. The lowest BCUT2D eigenvalue weighted by Crippen LogP contribution is -2.56. The number of carbonyl (C=O) groups is 4. The zero-order valence-electron chi connectivity index (χ0n) is 13.9. The molecule has 0 spiro atoms. The molecule has 0 heterocycles. The number of hydrogen-bond acceptors (Lipinski definition) is 8. The number of carbonyl (C=O) groups excluding carboxylic acids is 1. The maximum absolute atomic E-state index is 11.8. The Morgan fingerprint density at radius 3 is 2.30 bits per heavy atom. The minimum atomic E-state index is -3.37. The third kappa shape index (κ3) is 5.44. The number of carboxylic acid groups (broad SMARTS) is 3. The number of benzene rings is 1. The molecule has 0 aromatic heterocycles. The van der Waals surface area contributed by atoms with Gasteiger partial charge in [-0.2, -0.15) is 0 Å². The molecular formula is C16H16O11. The zero-order valence-corrected chi connectivity index (χ0v) is 13.9. The van der Waals surface area contributed by atoms with Crippen LogP contribution in [0.15, 0.2) is 24.3 Å². The Bertz CT molecular complexity index is 783. The largest absolute Gasteiger partial charge is 0.504 e. The first-order valence-electron chi connectivity index (χ1n) is 7.17. The highest BCUT2D eigenvalue weighted by atomic mass is 16.6. The molecule has 146 valence electrons. The molecule has 0 aliphatic heterocycles. The Kier molecular flexibility index (Phi) is 6.88. The van der Waals surface area contributed by atoms with Crippen molar-refractivity contribution in [3.05, 3.63) is 29.8 Å². The van der Waals surface area contributed by atoms with Crippen molar-refractivity contribution in [1.82, 2.24) is 0 Å². The quantitative estimate of drug-likeness (QED) is 0.278. The molecule has 0 amide bonds. The molecule has 1 rings (SSSR count). The summed E-state index contributed by atoms with van der Waals surface area (Å²) in [5.74, 6) is -7.46. The number of aromatic hydroxyl groups is 1. The fraction of sp³-hybridized carbons (Fsp3) is 0.250. The van der Waals surface area contributed by atoms with E-state index < -0.39 is 42.0 Å². The molecular weight excluding hydrogens is 368 g/mol. The van der Waals surface area contributed by atoms with E-state index in [1.165, 1.54) is 25.3 Å². The van der Waals surface area contributed by atoms with Gasteiger partial charge in [-0.1, -0.05) is 6.07 Å². The maximum atomic E-state index is 11.8. The minimum Gasteiger partial charge on any atom is -0.504 e. The summed E-state index contributed by atoms with van der Waals surface area (Å²) >= 11 is 0. The van der Waals surface area contributed by atoms with E-state index >= 15 is 0 Å². The van der Waals surface area contributed by atoms with E-state index in [1.54, 1.807) is 0 Å². The van der Waals surface area contributed by atoms with Crippen molar-refractivity contribution in [2.45, 2.75) is 18.1 Å². The van der Waals surface area contributed by atoms with Crippen LogP contribution in [0.3, 0.4) is 0 Å². The van der Waals surface area contributed by atoms with Crippen LogP contribution in [0, 0.1) is 0 Å². The standard InChI is InChI=1S/C16H16O11/c1-26-10-6-8(2-4-9(10)17)3-5-12(20)27-13(14(21)22)16(25,15(23)24)7-11(18)19/h2-6,13,17,25H,7H2,1H3,(H,18,19)(H,21,22)(H,23,24)/b5-3+/t13-,16+/m0/s1. The highest BCUT2D eigenvalue weighted by Gasteiger charge is 2.52. The maximum Gasteiger partial charge on any atom is 0.348 e. The van der Waals surface area contributed by atoms with Crippen LogP contribution >= 0.6 is 0 Å². The minimum absolute atomic E-state index is 0.0932. The number of phenolic OH excluding ortho intramolecular Hbond substituents is 1. The lowest BCUT2D eigenvalue weighted by molar-refractivity contribution is -0.195. The molecule has 0 radical (unpaired) electrons. The first-order chi connectivity index (χ1) is 12.5. The molecule has 0 fully saturated rings. The number of carboxylic acids is 3. The molecule has 5 N–H and O–H groups in total. The summed E-state index contributed by atoms with van der Waals surface area (Å²) in [6.07, 6.45) is -2.31. The van der Waals surface area contributed by atoms with Crippen LogP contribution in [0.5, 0.6) is 11.5 Å². The molecule has 1 aromatic rings. The lowest BCUT2D eigenvalue weighted by Gasteiger charge is -2.27. The number of methoxy groups -OCH3 is 1. The number of rotatable bonds is 9. The SMILES string of the molecule is COc1cc(/C=C/C(=O)O[C@@H](C(=O)O)[C@](O)(CC(=O)O)C(=O)O)ccc1O. The zero-order chi connectivity index (χ0) is 20.8. The lowest BCUT2D eigenvalue weighted by atomic mass is 9.92. The Balaban J connectivity index is 3.03. The molecule has 0 aliphatic carbocycles. The Hall–Kier alpha value is -3.60.